The second-order valence-electron chi connectivity index (χ2n) is 4.54. The lowest BCUT2D eigenvalue weighted by atomic mass is 10.3. The van der Waals surface area contributed by atoms with Crippen LogP contribution in [0.1, 0.15) is 15.3 Å². The molecule has 0 spiro atoms. The summed E-state index contributed by atoms with van der Waals surface area (Å²) in [5.41, 5.74) is -0.372. The Morgan fingerprint density at radius 2 is 2.00 bits per heavy atom. The number of ether oxygens (including phenoxy) is 2. The molecule has 120 valence electrons. The molecule has 21 heavy (non-hydrogen) atoms. The van der Waals surface area contributed by atoms with Gasteiger partial charge in [-0.3, -0.25) is 5.32 Å². The number of carbonyl (C=O) groups is 1. The minimum Gasteiger partial charge on any atom is -0.443 e. The smallest absolute Gasteiger partial charge is 0.411 e. The zero-order chi connectivity index (χ0) is 16.0. The highest BCUT2D eigenvalue weighted by atomic mass is 19.3. The van der Waals surface area contributed by atoms with E-state index in [9.17, 15) is 22.4 Å². The third kappa shape index (κ3) is 6.44. The maximum absolute atomic E-state index is 13.3. The normalized spacial score (nSPS) is 11.6. The first-order valence-corrected chi connectivity index (χ1v) is 6.08. The van der Waals surface area contributed by atoms with E-state index in [-0.39, 0.29) is 7.11 Å². The van der Waals surface area contributed by atoms with Crippen molar-refractivity contribution in [3.05, 3.63) is 29.8 Å². The molecule has 0 radical (unpaired) electrons. The minimum absolute atomic E-state index is 0. The molecule has 8 heteroatoms. The number of hydrogen-bond acceptors (Lipinski definition) is 3. The number of carbonyl (C=O) groups excluding carboxylic acids is 1. The van der Waals surface area contributed by atoms with E-state index in [4.69, 9.17) is 4.74 Å². The standard InChI is InChI=1S/C13H15F4NO3.H2/c1-8(2)20-6-13(16,17)7-21-12(19)18-11-4-3-9(14)5-10(11)15;/h3-5,8H,6-7H2,1-2H3,(H,18,19);1H. The van der Waals surface area contributed by atoms with Crippen LogP contribution in [0, 0.1) is 11.6 Å². The molecule has 0 unspecified atom stereocenters. The lowest BCUT2D eigenvalue weighted by Gasteiger charge is -2.18. The Bertz CT molecular complexity index is 500. The van der Waals surface area contributed by atoms with Gasteiger partial charge in [0.25, 0.3) is 0 Å². The zero-order valence-corrected chi connectivity index (χ0v) is 11.5. The fourth-order valence-electron chi connectivity index (χ4n) is 1.24. The van der Waals surface area contributed by atoms with Gasteiger partial charge in [-0.15, -0.1) is 0 Å². The highest BCUT2D eigenvalue weighted by molar-refractivity contribution is 5.84. The summed E-state index contributed by atoms with van der Waals surface area (Å²) in [4.78, 5) is 11.3. The Hall–Kier alpha value is -1.83. The van der Waals surface area contributed by atoms with Crippen molar-refractivity contribution in [2.45, 2.75) is 25.9 Å². The van der Waals surface area contributed by atoms with Crippen LogP contribution >= 0.6 is 0 Å². The Balaban J connectivity index is 0.00000441. The van der Waals surface area contributed by atoms with Gasteiger partial charge in [0.2, 0.25) is 0 Å². The van der Waals surface area contributed by atoms with Gasteiger partial charge in [0.05, 0.1) is 11.8 Å². The van der Waals surface area contributed by atoms with E-state index >= 15 is 0 Å². The molecule has 0 saturated carbocycles. The number of rotatable bonds is 6. The van der Waals surface area contributed by atoms with Gasteiger partial charge in [-0.1, -0.05) is 0 Å². The molecule has 0 aliphatic carbocycles. The first-order valence-electron chi connectivity index (χ1n) is 6.08. The van der Waals surface area contributed by atoms with Gasteiger partial charge in [0, 0.05) is 7.49 Å². The van der Waals surface area contributed by atoms with E-state index in [2.05, 4.69) is 4.74 Å². The Morgan fingerprint density at radius 1 is 1.33 bits per heavy atom. The van der Waals surface area contributed by atoms with Crippen LogP contribution in [0.3, 0.4) is 0 Å². The van der Waals surface area contributed by atoms with Gasteiger partial charge in [0.15, 0.2) is 6.61 Å². The summed E-state index contributed by atoms with van der Waals surface area (Å²) in [5, 5.41) is 1.90. The number of nitrogens with one attached hydrogen (secondary N) is 1. The monoisotopic (exact) mass is 311 g/mol. The number of benzene rings is 1. The van der Waals surface area contributed by atoms with Crippen molar-refractivity contribution in [3.63, 3.8) is 0 Å². The van der Waals surface area contributed by atoms with Crippen LogP contribution in [-0.4, -0.2) is 31.3 Å². The first-order chi connectivity index (χ1) is 9.69. The van der Waals surface area contributed by atoms with E-state index in [0.717, 1.165) is 12.1 Å². The van der Waals surface area contributed by atoms with E-state index < -0.39 is 43.0 Å². The topological polar surface area (TPSA) is 47.6 Å². The predicted octanol–water partition coefficient (Wildman–Crippen LogP) is 3.82. The van der Waals surface area contributed by atoms with Crippen LogP contribution in [0.5, 0.6) is 0 Å². The van der Waals surface area contributed by atoms with E-state index in [1.807, 2.05) is 5.32 Å². The maximum Gasteiger partial charge on any atom is 0.411 e. The quantitative estimate of drug-likeness (QED) is 0.813. The summed E-state index contributed by atoms with van der Waals surface area (Å²) in [6.45, 7) is 1.05. The highest BCUT2D eigenvalue weighted by Gasteiger charge is 2.32. The Kier molecular flexibility index (Phi) is 5.95. The van der Waals surface area contributed by atoms with Crippen molar-refractivity contribution < 1.29 is 33.3 Å². The SMILES string of the molecule is CC(C)OCC(F)(F)COC(=O)Nc1ccc(F)cc1F.[HH]. The van der Waals surface area contributed by atoms with Gasteiger partial charge in [-0.2, -0.15) is 0 Å². The summed E-state index contributed by atoms with van der Waals surface area (Å²) < 4.78 is 61.4. The molecular weight excluding hydrogens is 294 g/mol. The summed E-state index contributed by atoms with van der Waals surface area (Å²) >= 11 is 0. The average molecular weight is 311 g/mol. The molecule has 0 atom stereocenters. The number of alkyl halides is 2. The van der Waals surface area contributed by atoms with Gasteiger partial charge in [-0.05, 0) is 26.0 Å². The van der Waals surface area contributed by atoms with Crippen molar-refractivity contribution in [2.24, 2.45) is 0 Å². The largest absolute Gasteiger partial charge is 0.443 e. The molecule has 0 bridgehead atoms. The number of halogens is 4. The molecule has 0 aromatic heterocycles. The number of hydrogen-bond donors (Lipinski definition) is 1. The van der Waals surface area contributed by atoms with E-state index in [1.54, 1.807) is 13.8 Å². The number of anilines is 1. The van der Waals surface area contributed by atoms with Crippen molar-refractivity contribution in [1.82, 2.24) is 0 Å². The fourth-order valence-corrected chi connectivity index (χ4v) is 1.24. The average Bonchev–Trinajstić information content (AvgIpc) is 2.38. The summed E-state index contributed by atoms with van der Waals surface area (Å²) in [7, 11) is 0. The number of amides is 1. The molecular formula is C13H17F4NO3. The summed E-state index contributed by atoms with van der Waals surface area (Å²) in [5.74, 6) is -5.23. The van der Waals surface area contributed by atoms with Crippen LogP contribution in [-0.2, 0) is 9.47 Å². The van der Waals surface area contributed by atoms with Gasteiger partial charge in [-0.25, -0.2) is 22.4 Å². The van der Waals surface area contributed by atoms with Crippen LogP contribution in [0.15, 0.2) is 18.2 Å². The second-order valence-corrected chi connectivity index (χ2v) is 4.54. The Labute approximate surface area is 120 Å². The van der Waals surface area contributed by atoms with Crippen molar-refractivity contribution in [1.29, 1.82) is 0 Å². The molecule has 0 heterocycles. The lowest BCUT2D eigenvalue weighted by molar-refractivity contribution is -0.119. The molecule has 0 saturated heterocycles. The summed E-state index contributed by atoms with van der Waals surface area (Å²) in [6, 6.07) is 2.40. The molecule has 0 fully saturated rings. The highest BCUT2D eigenvalue weighted by Crippen LogP contribution is 2.17. The van der Waals surface area contributed by atoms with Crippen LogP contribution in [0.4, 0.5) is 28.0 Å². The Morgan fingerprint density at radius 3 is 2.57 bits per heavy atom. The van der Waals surface area contributed by atoms with Crippen molar-refractivity contribution >= 4 is 11.8 Å². The third-order valence-corrected chi connectivity index (χ3v) is 2.21. The van der Waals surface area contributed by atoms with Crippen LogP contribution < -0.4 is 5.32 Å². The lowest BCUT2D eigenvalue weighted by Crippen LogP contribution is -2.33. The summed E-state index contributed by atoms with van der Waals surface area (Å²) in [6.07, 6.45) is -1.66. The molecule has 1 aromatic carbocycles. The zero-order valence-electron chi connectivity index (χ0n) is 11.5. The van der Waals surface area contributed by atoms with Crippen LogP contribution in [0.2, 0.25) is 0 Å². The molecule has 0 aliphatic rings. The maximum atomic E-state index is 13.3. The van der Waals surface area contributed by atoms with Gasteiger partial charge in [0.1, 0.15) is 18.2 Å². The molecule has 1 rings (SSSR count). The van der Waals surface area contributed by atoms with Crippen LogP contribution in [0.25, 0.3) is 0 Å². The fraction of sp³-hybridized carbons (Fsp3) is 0.462. The van der Waals surface area contributed by atoms with E-state index in [1.165, 1.54) is 0 Å². The molecule has 1 N–H and O–H groups in total. The molecule has 4 nitrogen and oxygen atoms in total. The van der Waals surface area contributed by atoms with Crippen molar-refractivity contribution in [2.75, 3.05) is 18.5 Å². The molecule has 1 amide bonds. The van der Waals surface area contributed by atoms with Crippen molar-refractivity contribution in [3.8, 4) is 0 Å². The predicted molar refractivity (Wildman–Crippen MR) is 69.5 cm³/mol. The first kappa shape index (κ1) is 17.2. The molecule has 1 aromatic rings. The van der Waals surface area contributed by atoms with Gasteiger partial charge < -0.3 is 9.47 Å². The second kappa shape index (κ2) is 7.26. The molecule has 0 aliphatic heterocycles. The van der Waals surface area contributed by atoms with E-state index in [0.29, 0.717) is 6.07 Å². The third-order valence-electron chi connectivity index (χ3n) is 2.21. The van der Waals surface area contributed by atoms with Gasteiger partial charge >= 0.3 is 12.0 Å². The minimum atomic E-state index is -3.36.